The third-order valence-electron chi connectivity index (χ3n) is 5.51. The van der Waals surface area contributed by atoms with Crippen LogP contribution < -0.4 is 4.74 Å². The number of ether oxygens (including phenoxy) is 1. The standard InChI is InChI=1S/C26H16Cl2N4O3/c1-35-26-15(13-33)8-9-21(30-26)19-6-2-4-17(24(19)27)18-5-3-7-20(25(18)28)22-10-11-32-23(29-22)12-16(14-34)31-32/h2-14H,1H3. The van der Waals surface area contributed by atoms with Crippen LogP contribution in [0.5, 0.6) is 5.88 Å². The third kappa shape index (κ3) is 4.05. The average molecular weight is 503 g/mol. The van der Waals surface area contributed by atoms with Gasteiger partial charge >= 0.3 is 0 Å². The van der Waals surface area contributed by atoms with Gasteiger partial charge in [0.2, 0.25) is 5.88 Å². The number of rotatable bonds is 6. The number of methoxy groups -OCH3 is 1. The zero-order chi connectivity index (χ0) is 24.5. The molecule has 0 bridgehead atoms. The van der Waals surface area contributed by atoms with Crippen LogP contribution in [0.3, 0.4) is 0 Å². The first-order valence-corrected chi connectivity index (χ1v) is 11.2. The van der Waals surface area contributed by atoms with Crippen LogP contribution in [0.15, 0.2) is 66.9 Å². The largest absolute Gasteiger partial charge is 0.480 e. The van der Waals surface area contributed by atoms with Crippen molar-refractivity contribution in [1.82, 2.24) is 19.6 Å². The van der Waals surface area contributed by atoms with E-state index in [9.17, 15) is 9.59 Å². The number of aromatic nitrogens is 4. The number of pyridine rings is 1. The quantitative estimate of drug-likeness (QED) is 0.262. The lowest BCUT2D eigenvalue weighted by atomic mass is 9.98. The highest BCUT2D eigenvalue weighted by molar-refractivity contribution is 6.39. The fourth-order valence-electron chi connectivity index (χ4n) is 3.84. The molecule has 0 aliphatic carbocycles. The van der Waals surface area contributed by atoms with E-state index in [4.69, 9.17) is 27.9 Å². The Morgan fingerprint density at radius 1 is 0.800 bits per heavy atom. The van der Waals surface area contributed by atoms with Crippen LogP contribution >= 0.6 is 23.2 Å². The lowest BCUT2D eigenvalue weighted by Crippen LogP contribution is -1.96. The first-order chi connectivity index (χ1) is 17.0. The van der Waals surface area contributed by atoms with Gasteiger partial charge in [-0.1, -0.05) is 59.6 Å². The molecule has 0 aliphatic rings. The van der Waals surface area contributed by atoms with Crippen LogP contribution in [0.1, 0.15) is 20.8 Å². The second kappa shape index (κ2) is 9.29. The van der Waals surface area contributed by atoms with Gasteiger partial charge in [0.05, 0.1) is 34.1 Å². The molecular weight excluding hydrogens is 487 g/mol. The number of nitrogens with zero attached hydrogens (tertiary/aromatic N) is 4. The van der Waals surface area contributed by atoms with Crippen LogP contribution in [-0.4, -0.2) is 39.3 Å². The van der Waals surface area contributed by atoms with Gasteiger partial charge in [-0.25, -0.2) is 14.5 Å². The molecule has 172 valence electrons. The summed E-state index contributed by atoms with van der Waals surface area (Å²) >= 11 is 13.7. The summed E-state index contributed by atoms with van der Waals surface area (Å²) in [5.41, 5.74) is 5.17. The number of halogens is 2. The van der Waals surface area contributed by atoms with Crippen molar-refractivity contribution in [3.8, 4) is 39.5 Å². The van der Waals surface area contributed by atoms with Gasteiger partial charge in [0.25, 0.3) is 0 Å². The number of benzene rings is 2. The van der Waals surface area contributed by atoms with Crippen molar-refractivity contribution in [3.05, 3.63) is 88.2 Å². The van der Waals surface area contributed by atoms with Crippen molar-refractivity contribution in [3.63, 3.8) is 0 Å². The number of aldehydes is 2. The number of carbonyl (C=O) groups excluding carboxylic acids is 2. The van der Waals surface area contributed by atoms with Gasteiger partial charge in [-0.15, -0.1) is 0 Å². The zero-order valence-electron chi connectivity index (χ0n) is 18.3. The summed E-state index contributed by atoms with van der Waals surface area (Å²) in [6.07, 6.45) is 3.09. The van der Waals surface area contributed by atoms with Crippen LogP contribution in [0.25, 0.3) is 39.3 Å². The van der Waals surface area contributed by atoms with Crippen LogP contribution in [0.2, 0.25) is 10.0 Å². The maximum atomic E-state index is 11.2. The lowest BCUT2D eigenvalue weighted by Gasteiger charge is -2.14. The molecule has 3 heterocycles. The van der Waals surface area contributed by atoms with E-state index in [0.717, 1.165) is 5.56 Å². The van der Waals surface area contributed by atoms with Crippen LogP contribution in [0, 0.1) is 0 Å². The Morgan fingerprint density at radius 2 is 1.43 bits per heavy atom. The molecule has 7 nitrogen and oxygen atoms in total. The van der Waals surface area contributed by atoms with Gasteiger partial charge in [0, 0.05) is 34.5 Å². The Hall–Kier alpha value is -4.07. The summed E-state index contributed by atoms with van der Waals surface area (Å²) in [6.45, 7) is 0. The first-order valence-electron chi connectivity index (χ1n) is 10.4. The molecule has 5 rings (SSSR count). The Kier molecular flexibility index (Phi) is 6.03. The van der Waals surface area contributed by atoms with Crippen molar-refractivity contribution >= 4 is 41.4 Å². The Morgan fingerprint density at radius 3 is 2.03 bits per heavy atom. The molecule has 0 N–H and O–H groups in total. The van der Waals surface area contributed by atoms with E-state index < -0.39 is 0 Å². The van der Waals surface area contributed by atoms with E-state index in [1.165, 1.54) is 11.6 Å². The van der Waals surface area contributed by atoms with E-state index >= 15 is 0 Å². The number of hydrogen-bond donors (Lipinski definition) is 0. The van der Waals surface area contributed by atoms with Gasteiger partial charge in [0.1, 0.15) is 5.69 Å². The van der Waals surface area contributed by atoms with Crippen molar-refractivity contribution in [2.45, 2.75) is 0 Å². The molecule has 0 saturated heterocycles. The normalized spacial score (nSPS) is 10.9. The molecule has 0 spiro atoms. The molecular formula is C26H16Cl2N4O3. The van der Waals surface area contributed by atoms with E-state index in [1.54, 1.807) is 30.5 Å². The van der Waals surface area contributed by atoms with Crippen molar-refractivity contribution in [2.24, 2.45) is 0 Å². The molecule has 0 fully saturated rings. The Bertz CT molecular complexity index is 1610. The predicted octanol–water partition coefficient (Wildman–Crippen LogP) is 6.07. The van der Waals surface area contributed by atoms with Gasteiger partial charge in [0.15, 0.2) is 18.2 Å². The Labute approximate surface area is 209 Å². The fourth-order valence-corrected chi connectivity index (χ4v) is 4.48. The monoisotopic (exact) mass is 502 g/mol. The highest BCUT2D eigenvalue weighted by Gasteiger charge is 2.17. The van der Waals surface area contributed by atoms with Gasteiger partial charge < -0.3 is 4.74 Å². The molecule has 0 radical (unpaired) electrons. The van der Waals surface area contributed by atoms with E-state index in [1.807, 2.05) is 36.4 Å². The first kappa shape index (κ1) is 22.7. The van der Waals surface area contributed by atoms with Gasteiger partial charge in [-0.3, -0.25) is 9.59 Å². The van der Waals surface area contributed by atoms with Crippen LogP contribution in [0.4, 0.5) is 0 Å². The second-order valence-electron chi connectivity index (χ2n) is 7.55. The van der Waals surface area contributed by atoms with Crippen LogP contribution in [-0.2, 0) is 0 Å². The maximum absolute atomic E-state index is 11.2. The molecule has 3 aromatic heterocycles. The molecule has 0 amide bonds. The SMILES string of the molecule is COc1nc(-c2cccc(-c3cccc(-c4ccn5nc(C=O)cc5n4)c3Cl)c2Cl)ccc1C=O. The summed E-state index contributed by atoms with van der Waals surface area (Å²) in [5.74, 6) is 0.220. The minimum absolute atomic E-state index is 0.220. The van der Waals surface area contributed by atoms with E-state index in [0.29, 0.717) is 67.6 Å². The Balaban J connectivity index is 1.61. The van der Waals surface area contributed by atoms with Crippen molar-refractivity contribution < 1.29 is 14.3 Å². The van der Waals surface area contributed by atoms with Crippen molar-refractivity contribution in [2.75, 3.05) is 7.11 Å². The molecule has 5 aromatic rings. The minimum atomic E-state index is 0.220. The molecule has 0 unspecified atom stereocenters. The summed E-state index contributed by atoms with van der Waals surface area (Å²) in [4.78, 5) is 31.3. The van der Waals surface area contributed by atoms with E-state index in [-0.39, 0.29) is 5.88 Å². The van der Waals surface area contributed by atoms with Gasteiger partial charge in [-0.05, 0) is 18.2 Å². The number of carbonyl (C=O) groups is 2. The highest BCUT2D eigenvalue weighted by Crippen LogP contribution is 2.42. The molecule has 0 atom stereocenters. The maximum Gasteiger partial charge on any atom is 0.224 e. The fraction of sp³-hybridized carbons (Fsp3) is 0.0385. The second-order valence-corrected chi connectivity index (χ2v) is 8.31. The molecule has 9 heteroatoms. The average Bonchev–Trinajstić information content (AvgIpc) is 3.31. The van der Waals surface area contributed by atoms with E-state index in [2.05, 4.69) is 15.1 Å². The summed E-state index contributed by atoms with van der Waals surface area (Å²) in [5, 5.41) is 5.05. The zero-order valence-corrected chi connectivity index (χ0v) is 19.8. The minimum Gasteiger partial charge on any atom is -0.480 e. The van der Waals surface area contributed by atoms with Crippen molar-refractivity contribution in [1.29, 1.82) is 0 Å². The lowest BCUT2D eigenvalue weighted by molar-refractivity contribution is 0.111. The molecule has 0 saturated carbocycles. The highest BCUT2D eigenvalue weighted by atomic mass is 35.5. The summed E-state index contributed by atoms with van der Waals surface area (Å²) in [7, 11) is 1.46. The number of fused-ring (bicyclic) bond motifs is 1. The smallest absolute Gasteiger partial charge is 0.224 e. The molecule has 2 aromatic carbocycles. The topological polar surface area (TPSA) is 86.4 Å². The number of hydrogen-bond acceptors (Lipinski definition) is 6. The molecule has 35 heavy (non-hydrogen) atoms. The van der Waals surface area contributed by atoms with Gasteiger partial charge in [-0.2, -0.15) is 5.10 Å². The predicted molar refractivity (Wildman–Crippen MR) is 134 cm³/mol. The molecule has 0 aliphatic heterocycles. The third-order valence-corrected chi connectivity index (χ3v) is 6.33. The summed E-state index contributed by atoms with van der Waals surface area (Å²) in [6, 6.07) is 17.9. The summed E-state index contributed by atoms with van der Waals surface area (Å²) < 4.78 is 6.77.